The van der Waals surface area contributed by atoms with Gasteiger partial charge in [-0.25, -0.2) is 0 Å². The van der Waals surface area contributed by atoms with Gasteiger partial charge >= 0.3 is 0 Å². The normalized spacial score (nSPS) is 10.6. The summed E-state index contributed by atoms with van der Waals surface area (Å²) in [6.45, 7) is 0. The monoisotopic (exact) mass is 272 g/mol. The maximum atomic E-state index is 10.6. The van der Waals surface area contributed by atoms with Crippen molar-refractivity contribution in [1.82, 2.24) is 0 Å². The minimum atomic E-state index is -0.397. The van der Waals surface area contributed by atoms with E-state index in [4.69, 9.17) is 5.73 Å². The van der Waals surface area contributed by atoms with Crippen molar-refractivity contribution in [2.75, 3.05) is 5.73 Å². The van der Waals surface area contributed by atoms with E-state index in [0.717, 1.165) is 9.17 Å². The highest BCUT2D eigenvalue weighted by Gasteiger charge is 2.15. The van der Waals surface area contributed by atoms with Gasteiger partial charge in [0.15, 0.2) is 0 Å². The van der Waals surface area contributed by atoms with Crippen LogP contribution in [0.25, 0.3) is 10.1 Å². The van der Waals surface area contributed by atoms with Crippen LogP contribution in [-0.2, 0) is 0 Å². The van der Waals surface area contributed by atoms with E-state index in [1.165, 1.54) is 16.7 Å². The third kappa shape index (κ3) is 1.36. The first-order chi connectivity index (χ1) is 6.59. The summed E-state index contributed by atoms with van der Waals surface area (Å²) in [5.74, 6) is 0. The Hall–Kier alpha value is -1.14. The topological polar surface area (TPSA) is 69.2 Å². The lowest BCUT2D eigenvalue weighted by Crippen LogP contribution is -1.88. The molecule has 0 saturated heterocycles. The van der Waals surface area contributed by atoms with Gasteiger partial charge in [-0.2, -0.15) is 0 Å². The molecule has 0 amide bonds. The highest BCUT2D eigenvalue weighted by Crippen LogP contribution is 2.36. The van der Waals surface area contributed by atoms with E-state index in [1.807, 2.05) is 0 Å². The zero-order chi connectivity index (χ0) is 10.3. The molecule has 1 aromatic heterocycles. The lowest BCUT2D eigenvalue weighted by Gasteiger charge is -1.97. The van der Waals surface area contributed by atoms with Crippen LogP contribution in [0.4, 0.5) is 11.4 Å². The summed E-state index contributed by atoms with van der Waals surface area (Å²) in [5, 5.41) is 12.8. The number of benzene rings is 1. The molecule has 6 heteroatoms. The number of fused-ring (bicyclic) bond motifs is 1. The summed E-state index contributed by atoms with van der Waals surface area (Å²) < 4.78 is 1.62. The van der Waals surface area contributed by atoms with Gasteiger partial charge in [0.05, 0.1) is 15.7 Å². The number of nitrogen functional groups attached to an aromatic ring is 1. The SMILES string of the molecule is Nc1cc2c([N+](=O)[O-])csc2cc1Br. The number of hydrogen-bond donors (Lipinski definition) is 1. The van der Waals surface area contributed by atoms with Crippen LogP contribution in [0.2, 0.25) is 0 Å². The number of halogens is 1. The van der Waals surface area contributed by atoms with Crippen LogP contribution >= 0.6 is 27.3 Å². The van der Waals surface area contributed by atoms with Crippen molar-refractivity contribution in [2.45, 2.75) is 0 Å². The van der Waals surface area contributed by atoms with Crippen molar-refractivity contribution < 1.29 is 4.92 Å². The van der Waals surface area contributed by atoms with Crippen LogP contribution in [0.15, 0.2) is 22.0 Å². The molecule has 0 spiro atoms. The second-order valence-electron chi connectivity index (χ2n) is 2.75. The number of nitrogens with zero attached hydrogens (tertiary/aromatic N) is 1. The third-order valence-electron chi connectivity index (χ3n) is 1.87. The number of thiophene rings is 1. The second-order valence-corrected chi connectivity index (χ2v) is 4.51. The third-order valence-corrected chi connectivity index (χ3v) is 3.49. The number of nitrogens with two attached hydrogens (primary N) is 1. The first kappa shape index (κ1) is 9.42. The number of rotatable bonds is 1. The van der Waals surface area contributed by atoms with Gasteiger partial charge < -0.3 is 5.73 Å². The molecular weight excluding hydrogens is 268 g/mol. The molecule has 0 radical (unpaired) electrons. The first-order valence-electron chi connectivity index (χ1n) is 3.70. The van der Waals surface area contributed by atoms with Crippen molar-refractivity contribution in [3.05, 3.63) is 32.1 Å². The number of hydrogen-bond acceptors (Lipinski definition) is 4. The lowest BCUT2D eigenvalue weighted by molar-refractivity contribution is -0.382. The van der Waals surface area contributed by atoms with Gasteiger partial charge in [0.25, 0.3) is 5.69 Å². The highest BCUT2D eigenvalue weighted by molar-refractivity contribution is 9.10. The minimum Gasteiger partial charge on any atom is -0.398 e. The Labute approximate surface area is 91.6 Å². The molecule has 2 rings (SSSR count). The molecule has 2 N–H and O–H groups in total. The van der Waals surface area contributed by atoms with E-state index >= 15 is 0 Å². The lowest BCUT2D eigenvalue weighted by atomic mass is 10.2. The second kappa shape index (κ2) is 3.21. The molecule has 0 unspecified atom stereocenters. The van der Waals surface area contributed by atoms with E-state index in [2.05, 4.69) is 15.9 Å². The summed E-state index contributed by atoms with van der Waals surface area (Å²) >= 11 is 4.61. The maximum absolute atomic E-state index is 10.6. The Bertz CT molecular complexity index is 523. The number of anilines is 1. The maximum Gasteiger partial charge on any atom is 0.287 e. The van der Waals surface area contributed by atoms with Crippen molar-refractivity contribution >= 4 is 48.7 Å². The Morgan fingerprint density at radius 1 is 1.50 bits per heavy atom. The fourth-order valence-corrected chi connectivity index (χ4v) is 2.62. The number of nitro groups is 1. The van der Waals surface area contributed by atoms with Crippen LogP contribution < -0.4 is 5.73 Å². The Morgan fingerprint density at radius 3 is 2.86 bits per heavy atom. The molecule has 0 atom stereocenters. The van der Waals surface area contributed by atoms with Crippen LogP contribution in [0, 0.1) is 10.1 Å². The van der Waals surface area contributed by atoms with Crippen LogP contribution in [0.1, 0.15) is 0 Å². The van der Waals surface area contributed by atoms with Crippen LogP contribution in [-0.4, -0.2) is 4.92 Å². The Kier molecular flexibility index (Phi) is 2.16. The summed E-state index contributed by atoms with van der Waals surface area (Å²) in [6.07, 6.45) is 0. The van der Waals surface area contributed by atoms with Crippen molar-refractivity contribution in [3.63, 3.8) is 0 Å². The standard InChI is InChI=1S/C8H5BrN2O2S/c9-5-2-8-4(1-6(5)10)7(3-14-8)11(12)13/h1-3H,10H2. The Morgan fingerprint density at radius 2 is 2.21 bits per heavy atom. The van der Waals surface area contributed by atoms with E-state index in [9.17, 15) is 10.1 Å². The van der Waals surface area contributed by atoms with E-state index in [-0.39, 0.29) is 5.69 Å². The minimum absolute atomic E-state index is 0.115. The molecule has 2 aromatic rings. The fourth-order valence-electron chi connectivity index (χ4n) is 1.19. The molecule has 0 bridgehead atoms. The molecule has 4 nitrogen and oxygen atoms in total. The fraction of sp³-hybridized carbons (Fsp3) is 0. The van der Waals surface area contributed by atoms with E-state index in [1.54, 1.807) is 12.1 Å². The zero-order valence-corrected chi connectivity index (χ0v) is 9.26. The predicted molar refractivity (Wildman–Crippen MR) is 60.6 cm³/mol. The van der Waals surface area contributed by atoms with Crippen molar-refractivity contribution in [2.24, 2.45) is 0 Å². The summed E-state index contributed by atoms with van der Waals surface area (Å²) in [6, 6.07) is 3.41. The van der Waals surface area contributed by atoms with Crippen LogP contribution in [0.3, 0.4) is 0 Å². The molecule has 72 valence electrons. The molecule has 0 fully saturated rings. The van der Waals surface area contributed by atoms with Gasteiger partial charge in [0.2, 0.25) is 0 Å². The first-order valence-corrected chi connectivity index (χ1v) is 5.37. The molecule has 1 aromatic carbocycles. The summed E-state index contributed by atoms with van der Waals surface area (Å²) in [4.78, 5) is 10.2. The quantitative estimate of drug-likeness (QED) is 0.493. The molecular formula is C8H5BrN2O2S. The predicted octanol–water partition coefficient (Wildman–Crippen LogP) is 3.15. The van der Waals surface area contributed by atoms with Crippen LogP contribution in [0.5, 0.6) is 0 Å². The van der Waals surface area contributed by atoms with Crippen molar-refractivity contribution in [1.29, 1.82) is 0 Å². The van der Waals surface area contributed by atoms with Gasteiger partial charge in [-0.3, -0.25) is 10.1 Å². The van der Waals surface area contributed by atoms with Gasteiger partial charge in [-0.1, -0.05) is 0 Å². The smallest absolute Gasteiger partial charge is 0.287 e. The summed E-state index contributed by atoms with van der Waals surface area (Å²) in [7, 11) is 0. The van der Waals surface area contributed by atoms with Gasteiger partial charge in [0, 0.05) is 14.9 Å². The molecule has 0 aliphatic carbocycles. The van der Waals surface area contributed by atoms with Gasteiger partial charge in [-0.15, -0.1) is 11.3 Å². The average Bonchev–Trinajstić information content (AvgIpc) is 2.48. The van der Waals surface area contributed by atoms with Gasteiger partial charge in [-0.05, 0) is 28.1 Å². The van der Waals surface area contributed by atoms with Gasteiger partial charge in [0.1, 0.15) is 0 Å². The average molecular weight is 273 g/mol. The van der Waals surface area contributed by atoms with E-state index < -0.39 is 4.92 Å². The van der Waals surface area contributed by atoms with Crippen molar-refractivity contribution in [3.8, 4) is 0 Å². The largest absolute Gasteiger partial charge is 0.398 e. The molecule has 0 saturated carbocycles. The Balaban J connectivity index is 2.80. The van der Waals surface area contributed by atoms with E-state index in [0.29, 0.717) is 11.1 Å². The molecule has 1 heterocycles. The zero-order valence-electron chi connectivity index (χ0n) is 6.86. The molecule has 0 aliphatic heterocycles. The molecule has 14 heavy (non-hydrogen) atoms. The summed E-state index contributed by atoms with van der Waals surface area (Å²) in [5.41, 5.74) is 6.28. The highest BCUT2D eigenvalue weighted by atomic mass is 79.9. The molecule has 0 aliphatic rings.